The minimum atomic E-state index is 0.793. The Kier molecular flexibility index (Phi) is 1.53. The normalized spacial score (nSPS) is 44.3. The van der Waals surface area contributed by atoms with Crippen molar-refractivity contribution >= 4 is 0 Å². The lowest BCUT2D eigenvalue weighted by molar-refractivity contribution is 0.138. The van der Waals surface area contributed by atoms with Crippen molar-refractivity contribution < 1.29 is 0 Å². The van der Waals surface area contributed by atoms with Gasteiger partial charge in [-0.2, -0.15) is 0 Å². The molecule has 0 aromatic heterocycles. The molecule has 1 nitrogen and oxygen atoms in total. The zero-order valence-corrected chi connectivity index (χ0v) is 6.51. The van der Waals surface area contributed by atoms with E-state index in [0.717, 1.165) is 17.9 Å². The van der Waals surface area contributed by atoms with Crippen LogP contribution in [0.4, 0.5) is 0 Å². The molecule has 0 spiro atoms. The van der Waals surface area contributed by atoms with Crippen molar-refractivity contribution in [3.8, 4) is 0 Å². The summed E-state index contributed by atoms with van der Waals surface area (Å²) in [6.07, 6.45) is 8.89. The maximum absolute atomic E-state index is 3.35. The van der Waals surface area contributed by atoms with Crippen LogP contribution in [0.2, 0.25) is 0 Å². The first-order valence-electron chi connectivity index (χ1n) is 4.26. The van der Waals surface area contributed by atoms with Gasteiger partial charge in [0, 0.05) is 6.04 Å². The Morgan fingerprint density at radius 2 is 2.40 bits per heavy atom. The number of hydrogen-bond acceptors (Lipinski definition) is 1. The van der Waals surface area contributed by atoms with Crippen molar-refractivity contribution in [1.29, 1.82) is 0 Å². The standard InChI is InChI=1S/C9H15N/c1-10-9-6-7-4-2-3-5-8(7)9/h3,5,7-10H,2,4,6H2,1H3. The van der Waals surface area contributed by atoms with Gasteiger partial charge in [0.15, 0.2) is 0 Å². The molecule has 3 atom stereocenters. The fourth-order valence-corrected chi connectivity index (χ4v) is 2.25. The molecular weight excluding hydrogens is 122 g/mol. The van der Waals surface area contributed by atoms with E-state index in [1.807, 2.05) is 0 Å². The molecule has 2 aliphatic rings. The van der Waals surface area contributed by atoms with E-state index in [0.29, 0.717) is 0 Å². The van der Waals surface area contributed by atoms with Gasteiger partial charge in [-0.3, -0.25) is 0 Å². The van der Waals surface area contributed by atoms with E-state index in [2.05, 4.69) is 24.5 Å². The second-order valence-electron chi connectivity index (χ2n) is 3.47. The van der Waals surface area contributed by atoms with Crippen LogP contribution in [0.5, 0.6) is 0 Å². The number of hydrogen-bond donors (Lipinski definition) is 1. The van der Waals surface area contributed by atoms with Gasteiger partial charge >= 0.3 is 0 Å². The molecule has 0 bridgehead atoms. The van der Waals surface area contributed by atoms with Crippen molar-refractivity contribution in [2.75, 3.05) is 7.05 Å². The molecular formula is C9H15N. The summed E-state index contributed by atoms with van der Waals surface area (Å²) < 4.78 is 0. The molecule has 2 rings (SSSR count). The van der Waals surface area contributed by atoms with Crippen LogP contribution in [0, 0.1) is 11.8 Å². The third kappa shape index (κ3) is 0.807. The van der Waals surface area contributed by atoms with Gasteiger partial charge in [-0.15, -0.1) is 0 Å². The van der Waals surface area contributed by atoms with E-state index in [-0.39, 0.29) is 0 Å². The molecule has 2 aliphatic carbocycles. The number of nitrogens with one attached hydrogen (secondary N) is 1. The Labute approximate surface area is 62.5 Å². The van der Waals surface area contributed by atoms with Crippen LogP contribution in [0.1, 0.15) is 19.3 Å². The van der Waals surface area contributed by atoms with E-state index in [9.17, 15) is 0 Å². The second kappa shape index (κ2) is 2.39. The summed E-state index contributed by atoms with van der Waals surface area (Å²) in [6, 6.07) is 0.793. The molecule has 0 heterocycles. The molecule has 0 aromatic carbocycles. The summed E-state index contributed by atoms with van der Waals surface area (Å²) in [5.74, 6) is 1.89. The van der Waals surface area contributed by atoms with Crippen molar-refractivity contribution in [3.05, 3.63) is 12.2 Å². The lowest BCUT2D eigenvalue weighted by Crippen LogP contribution is -2.48. The van der Waals surface area contributed by atoms with Crippen molar-refractivity contribution in [2.24, 2.45) is 11.8 Å². The summed E-state index contributed by atoms with van der Waals surface area (Å²) in [7, 11) is 2.07. The van der Waals surface area contributed by atoms with Gasteiger partial charge in [0.25, 0.3) is 0 Å². The van der Waals surface area contributed by atoms with Crippen molar-refractivity contribution in [3.63, 3.8) is 0 Å². The number of allylic oxidation sites excluding steroid dienone is 1. The van der Waals surface area contributed by atoms with Crippen LogP contribution < -0.4 is 5.32 Å². The van der Waals surface area contributed by atoms with Gasteiger partial charge in [-0.25, -0.2) is 0 Å². The van der Waals surface area contributed by atoms with Crippen molar-refractivity contribution in [1.82, 2.24) is 5.32 Å². The summed E-state index contributed by atoms with van der Waals surface area (Å²) in [5, 5.41) is 3.35. The van der Waals surface area contributed by atoms with Gasteiger partial charge in [-0.1, -0.05) is 12.2 Å². The Morgan fingerprint density at radius 1 is 1.50 bits per heavy atom. The minimum Gasteiger partial charge on any atom is -0.316 e. The first kappa shape index (κ1) is 6.41. The third-order valence-corrected chi connectivity index (χ3v) is 3.00. The molecule has 1 N–H and O–H groups in total. The van der Waals surface area contributed by atoms with Gasteiger partial charge < -0.3 is 5.32 Å². The predicted molar refractivity (Wildman–Crippen MR) is 42.8 cm³/mol. The highest BCUT2D eigenvalue weighted by Gasteiger charge is 2.38. The highest BCUT2D eigenvalue weighted by molar-refractivity contribution is 5.08. The maximum Gasteiger partial charge on any atom is 0.0132 e. The molecule has 3 unspecified atom stereocenters. The smallest absolute Gasteiger partial charge is 0.0132 e. The first-order chi connectivity index (χ1) is 4.92. The number of rotatable bonds is 1. The Bertz CT molecular complexity index is 151. The SMILES string of the molecule is CNC1CC2CCC=CC21. The van der Waals surface area contributed by atoms with E-state index < -0.39 is 0 Å². The molecule has 10 heavy (non-hydrogen) atoms. The molecule has 56 valence electrons. The molecule has 0 aromatic rings. The topological polar surface area (TPSA) is 12.0 Å². The fraction of sp³-hybridized carbons (Fsp3) is 0.778. The summed E-state index contributed by atoms with van der Waals surface area (Å²) in [4.78, 5) is 0. The quantitative estimate of drug-likeness (QED) is 0.541. The van der Waals surface area contributed by atoms with Crippen LogP contribution in [0.3, 0.4) is 0 Å². The lowest BCUT2D eigenvalue weighted by atomic mass is 9.65. The molecule has 0 aliphatic heterocycles. The highest BCUT2D eigenvalue weighted by atomic mass is 14.9. The summed E-state index contributed by atoms with van der Waals surface area (Å²) in [6.45, 7) is 0. The zero-order chi connectivity index (χ0) is 6.97. The van der Waals surface area contributed by atoms with E-state index in [4.69, 9.17) is 0 Å². The summed E-state index contributed by atoms with van der Waals surface area (Å²) in [5.41, 5.74) is 0. The monoisotopic (exact) mass is 137 g/mol. The average molecular weight is 137 g/mol. The summed E-state index contributed by atoms with van der Waals surface area (Å²) >= 11 is 0. The van der Waals surface area contributed by atoms with Crippen LogP contribution >= 0.6 is 0 Å². The second-order valence-corrected chi connectivity index (χ2v) is 3.47. The van der Waals surface area contributed by atoms with Crippen LogP contribution in [0.15, 0.2) is 12.2 Å². The van der Waals surface area contributed by atoms with Crippen LogP contribution in [-0.4, -0.2) is 13.1 Å². The molecule has 0 amide bonds. The minimum absolute atomic E-state index is 0.793. The van der Waals surface area contributed by atoms with Crippen LogP contribution in [-0.2, 0) is 0 Å². The lowest BCUT2D eigenvalue weighted by Gasteiger charge is -2.45. The zero-order valence-electron chi connectivity index (χ0n) is 6.51. The fourth-order valence-electron chi connectivity index (χ4n) is 2.25. The van der Waals surface area contributed by atoms with E-state index in [1.54, 1.807) is 0 Å². The van der Waals surface area contributed by atoms with E-state index in [1.165, 1.54) is 19.3 Å². The van der Waals surface area contributed by atoms with E-state index >= 15 is 0 Å². The average Bonchev–Trinajstić information content (AvgIpc) is 1.92. The third-order valence-electron chi connectivity index (χ3n) is 3.00. The molecule has 0 radical (unpaired) electrons. The van der Waals surface area contributed by atoms with Gasteiger partial charge in [0.2, 0.25) is 0 Å². The molecule has 1 heteroatoms. The molecule has 0 saturated heterocycles. The maximum atomic E-state index is 3.35. The highest BCUT2D eigenvalue weighted by Crippen LogP contribution is 2.41. The predicted octanol–water partition coefficient (Wildman–Crippen LogP) is 1.56. The Hall–Kier alpha value is -0.300. The molecule has 1 saturated carbocycles. The van der Waals surface area contributed by atoms with Gasteiger partial charge in [0.1, 0.15) is 0 Å². The number of fused-ring (bicyclic) bond motifs is 1. The van der Waals surface area contributed by atoms with Gasteiger partial charge in [0.05, 0.1) is 0 Å². The largest absolute Gasteiger partial charge is 0.316 e. The van der Waals surface area contributed by atoms with Crippen LogP contribution in [0.25, 0.3) is 0 Å². The Balaban J connectivity index is 2.00. The molecule has 1 fully saturated rings. The van der Waals surface area contributed by atoms with Crippen molar-refractivity contribution in [2.45, 2.75) is 25.3 Å². The van der Waals surface area contributed by atoms with Gasteiger partial charge in [-0.05, 0) is 38.1 Å². The first-order valence-corrected chi connectivity index (χ1v) is 4.26. The Morgan fingerprint density at radius 3 is 3.10 bits per heavy atom.